The minimum Gasteiger partial charge on any atom is -0.309 e. The summed E-state index contributed by atoms with van der Waals surface area (Å²) in [5.74, 6) is 0. The zero-order valence-corrected chi connectivity index (χ0v) is 11.9. The van der Waals surface area contributed by atoms with Crippen molar-refractivity contribution in [2.45, 2.75) is 19.5 Å². The van der Waals surface area contributed by atoms with Gasteiger partial charge in [0.15, 0.2) is 0 Å². The molecule has 0 fully saturated rings. The predicted octanol–water partition coefficient (Wildman–Crippen LogP) is 3.37. The molecular weight excluding hydrogens is 246 g/mol. The number of rotatable bonds is 4. The maximum Gasteiger partial charge on any atom is 0.0605 e. The van der Waals surface area contributed by atoms with Crippen LogP contribution in [-0.2, 0) is 6.54 Å². The van der Waals surface area contributed by atoms with Crippen molar-refractivity contribution in [2.75, 3.05) is 7.05 Å². The van der Waals surface area contributed by atoms with Crippen molar-refractivity contribution >= 4 is 10.8 Å². The third-order valence-corrected chi connectivity index (χ3v) is 3.71. The van der Waals surface area contributed by atoms with Crippen LogP contribution in [-0.4, -0.2) is 16.8 Å². The second-order valence-corrected chi connectivity index (χ2v) is 4.96. The maximum atomic E-state index is 4.37. The van der Waals surface area contributed by atoms with E-state index < -0.39 is 0 Å². The quantitative estimate of drug-likeness (QED) is 0.784. The van der Waals surface area contributed by atoms with Gasteiger partial charge in [0.1, 0.15) is 0 Å². The standard InChI is InChI=1S/C17H19N3/c1-3-20-12-16(11-19-20)17(18-2)15-9-8-13-6-4-5-7-14(13)10-15/h4-12,17-18H,3H2,1-2H3. The molecule has 0 radical (unpaired) electrons. The van der Waals surface area contributed by atoms with Crippen LogP contribution in [0.2, 0.25) is 0 Å². The van der Waals surface area contributed by atoms with Gasteiger partial charge in [-0.3, -0.25) is 4.68 Å². The smallest absolute Gasteiger partial charge is 0.0605 e. The van der Waals surface area contributed by atoms with Gasteiger partial charge in [-0.1, -0.05) is 36.4 Å². The number of benzene rings is 2. The molecule has 3 aromatic rings. The molecule has 102 valence electrons. The summed E-state index contributed by atoms with van der Waals surface area (Å²) in [7, 11) is 1.99. The van der Waals surface area contributed by atoms with E-state index in [1.165, 1.54) is 21.9 Å². The highest BCUT2D eigenvalue weighted by Crippen LogP contribution is 2.25. The Balaban J connectivity index is 2.02. The van der Waals surface area contributed by atoms with Crippen LogP contribution in [0.15, 0.2) is 54.9 Å². The zero-order chi connectivity index (χ0) is 13.9. The van der Waals surface area contributed by atoms with Gasteiger partial charge >= 0.3 is 0 Å². The number of hydrogen-bond donors (Lipinski definition) is 1. The molecule has 0 spiro atoms. The molecule has 0 aliphatic carbocycles. The van der Waals surface area contributed by atoms with Crippen LogP contribution in [0.1, 0.15) is 24.1 Å². The van der Waals surface area contributed by atoms with Crippen molar-refractivity contribution in [3.63, 3.8) is 0 Å². The molecule has 0 saturated carbocycles. The average molecular weight is 265 g/mol. The molecule has 3 nitrogen and oxygen atoms in total. The molecular formula is C17H19N3. The first-order valence-corrected chi connectivity index (χ1v) is 7.00. The zero-order valence-electron chi connectivity index (χ0n) is 11.9. The molecule has 0 amide bonds. The number of aryl methyl sites for hydroxylation is 1. The lowest BCUT2D eigenvalue weighted by Gasteiger charge is -2.15. The normalized spacial score (nSPS) is 12.7. The second kappa shape index (κ2) is 5.47. The predicted molar refractivity (Wildman–Crippen MR) is 82.8 cm³/mol. The molecule has 1 atom stereocenters. The van der Waals surface area contributed by atoms with Crippen molar-refractivity contribution < 1.29 is 0 Å². The van der Waals surface area contributed by atoms with Crippen molar-refractivity contribution in [1.82, 2.24) is 15.1 Å². The fraction of sp³-hybridized carbons (Fsp3) is 0.235. The van der Waals surface area contributed by atoms with Crippen LogP contribution in [0.5, 0.6) is 0 Å². The van der Waals surface area contributed by atoms with E-state index >= 15 is 0 Å². The summed E-state index contributed by atoms with van der Waals surface area (Å²) < 4.78 is 1.96. The largest absolute Gasteiger partial charge is 0.309 e. The van der Waals surface area contributed by atoms with Gasteiger partial charge < -0.3 is 5.32 Å². The minimum atomic E-state index is 0.180. The van der Waals surface area contributed by atoms with E-state index in [0.717, 1.165) is 6.54 Å². The van der Waals surface area contributed by atoms with Gasteiger partial charge in [0, 0.05) is 18.3 Å². The van der Waals surface area contributed by atoms with Gasteiger partial charge in [0.25, 0.3) is 0 Å². The number of aromatic nitrogens is 2. The Labute approximate surface area is 119 Å². The third-order valence-electron chi connectivity index (χ3n) is 3.71. The first-order valence-electron chi connectivity index (χ1n) is 7.00. The summed E-state index contributed by atoms with van der Waals surface area (Å²) in [5.41, 5.74) is 2.46. The van der Waals surface area contributed by atoms with Gasteiger partial charge in [-0.2, -0.15) is 5.10 Å². The summed E-state index contributed by atoms with van der Waals surface area (Å²) in [6.45, 7) is 3.00. The monoisotopic (exact) mass is 265 g/mol. The molecule has 2 aromatic carbocycles. The Hall–Kier alpha value is -2.13. The van der Waals surface area contributed by atoms with Crippen LogP contribution in [0.25, 0.3) is 10.8 Å². The first-order chi connectivity index (χ1) is 9.81. The lowest BCUT2D eigenvalue weighted by Crippen LogP contribution is -2.17. The molecule has 3 rings (SSSR count). The van der Waals surface area contributed by atoms with Crippen molar-refractivity contribution in [3.05, 3.63) is 66.0 Å². The Kier molecular flexibility index (Phi) is 3.52. The van der Waals surface area contributed by atoms with E-state index in [1.54, 1.807) is 0 Å². The first kappa shape index (κ1) is 12.9. The van der Waals surface area contributed by atoms with Crippen molar-refractivity contribution in [1.29, 1.82) is 0 Å². The highest BCUT2D eigenvalue weighted by Gasteiger charge is 2.14. The average Bonchev–Trinajstić information content (AvgIpc) is 2.97. The topological polar surface area (TPSA) is 29.9 Å². The van der Waals surface area contributed by atoms with Gasteiger partial charge in [-0.25, -0.2) is 0 Å². The molecule has 1 unspecified atom stereocenters. The van der Waals surface area contributed by atoms with Gasteiger partial charge in [0.2, 0.25) is 0 Å². The molecule has 0 aliphatic rings. The Morgan fingerprint density at radius 1 is 1.10 bits per heavy atom. The van der Waals surface area contributed by atoms with Crippen LogP contribution < -0.4 is 5.32 Å². The molecule has 20 heavy (non-hydrogen) atoms. The van der Waals surface area contributed by atoms with E-state index in [2.05, 4.69) is 66.0 Å². The van der Waals surface area contributed by atoms with Crippen LogP contribution in [0.4, 0.5) is 0 Å². The van der Waals surface area contributed by atoms with Crippen LogP contribution in [0, 0.1) is 0 Å². The lowest BCUT2D eigenvalue weighted by molar-refractivity contribution is 0.653. The van der Waals surface area contributed by atoms with Crippen molar-refractivity contribution in [2.24, 2.45) is 0 Å². The minimum absolute atomic E-state index is 0.180. The van der Waals surface area contributed by atoms with E-state index in [0.29, 0.717) is 0 Å². The van der Waals surface area contributed by atoms with E-state index in [4.69, 9.17) is 0 Å². The summed E-state index contributed by atoms with van der Waals surface area (Å²) in [5, 5.41) is 10.3. The fourth-order valence-electron chi connectivity index (χ4n) is 2.61. The highest BCUT2D eigenvalue weighted by atomic mass is 15.3. The SMILES string of the molecule is CCn1cc(C(NC)c2ccc3ccccc3c2)cn1. The lowest BCUT2D eigenvalue weighted by atomic mass is 9.98. The summed E-state index contributed by atoms with van der Waals surface area (Å²) in [4.78, 5) is 0. The van der Waals surface area contributed by atoms with Crippen LogP contribution >= 0.6 is 0 Å². The molecule has 1 aromatic heterocycles. The molecule has 1 N–H and O–H groups in total. The van der Waals surface area contributed by atoms with Gasteiger partial charge in [-0.15, -0.1) is 0 Å². The second-order valence-electron chi connectivity index (χ2n) is 4.96. The van der Waals surface area contributed by atoms with Crippen LogP contribution in [0.3, 0.4) is 0 Å². The number of nitrogens with zero attached hydrogens (tertiary/aromatic N) is 2. The molecule has 0 bridgehead atoms. The van der Waals surface area contributed by atoms with E-state index in [-0.39, 0.29) is 6.04 Å². The van der Waals surface area contributed by atoms with E-state index in [1.807, 2.05) is 17.9 Å². The summed E-state index contributed by atoms with van der Waals surface area (Å²) in [6, 6.07) is 15.2. The summed E-state index contributed by atoms with van der Waals surface area (Å²) in [6.07, 6.45) is 4.05. The number of hydrogen-bond acceptors (Lipinski definition) is 2. The third kappa shape index (κ3) is 2.32. The summed E-state index contributed by atoms with van der Waals surface area (Å²) >= 11 is 0. The highest BCUT2D eigenvalue weighted by molar-refractivity contribution is 5.83. The van der Waals surface area contributed by atoms with Gasteiger partial charge in [0.05, 0.1) is 12.2 Å². The van der Waals surface area contributed by atoms with E-state index in [9.17, 15) is 0 Å². The number of fused-ring (bicyclic) bond motifs is 1. The van der Waals surface area contributed by atoms with Gasteiger partial charge in [-0.05, 0) is 36.4 Å². The fourth-order valence-corrected chi connectivity index (χ4v) is 2.61. The molecule has 0 saturated heterocycles. The Morgan fingerprint density at radius 2 is 1.90 bits per heavy atom. The van der Waals surface area contributed by atoms with Crippen molar-refractivity contribution in [3.8, 4) is 0 Å². The molecule has 0 aliphatic heterocycles. The molecule has 1 heterocycles. The maximum absolute atomic E-state index is 4.37. The number of nitrogens with one attached hydrogen (secondary N) is 1. The Bertz CT molecular complexity index is 715. The molecule has 3 heteroatoms. The Morgan fingerprint density at radius 3 is 2.60 bits per heavy atom.